The fraction of sp³-hybridized carbons (Fsp3) is 0.842. The molecule has 1 aromatic rings. The molecule has 0 radical (unpaired) electrons. The first kappa shape index (κ1) is 18.2. The van der Waals surface area contributed by atoms with Gasteiger partial charge in [-0.25, -0.2) is 4.79 Å². The molecule has 1 fully saturated rings. The molecule has 2 heterocycles. The maximum Gasteiger partial charge on any atom is 0.315 e. The molecule has 0 spiro atoms. The Labute approximate surface area is 151 Å². The molecule has 1 aromatic heterocycles. The number of rotatable bonds is 5. The topological polar surface area (TPSA) is 71.8 Å². The quantitative estimate of drug-likeness (QED) is 0.804. The highest BCUT2D eigenvalue weighted by Crippen LogP contribution is 2.28. The summed E-state index contributed by atoms with van der Waals surface area (Å²) < 4.78 is 2.29. The Kier molecular flexibility index (Phi) is 6.32. The third-order valence-electron chi connectivity index (χ3n) is 5.80. The normalized spacial score (nSPS) is 26.6. The smallest absolute Gasteiger partial charge is 0.315 e. The van der Waals surface area contributed by atoms with Crippen LogP contribution in [0.2, 0.25) is 0 Å². The lowest BCUT2D eigenvalue weighted by atomic mass is 9.80. The summed E-state index contributed by atoms with van der Waals surface area (Å²) in [6.07, 6.45) is 10.1. The van der Waals surface area contributed by atoms with Crippen LogP contribution in [0.1, 0.15) is 70.4 Å². The van der Waals surface area contributed by atoms with E-state index in [0.717, 1.165) is 49.8 Å². The minimum atomic E-state index is -0.0218. The Morgan fingerprint density at radius 1 is 1.20 bits per heavy atom. The van der Waals surface area contributed by atoms with Crippen LogP contribution in [0.3, 0.4) is 0 Å². The van der Waals surface area contributed by atoms with E-state index in [1.807, 2.05) is 0 Å². The van der Waals surface area contributed by atoms with Gasteiger partial charge in [0.15, 0.2) is 0 Å². The van der Waals surface area contributed by atoms with Gasteiger partial charge in [-0.15, -0.1) is 10.2 Å². The molecule has 6 heteroatoms. The Morgan fingerprint density at radius 2 is 2.08 bits per heavy atom. The van der Waals surface area contributed by atoms with Crippen molar-refractivity contribution >= 4 is 6.03 Å². The first-order valence-electron chi connectivity index (χ1n) is 10.1. The van der Waals surface area contributed by atoms with Gasteiger partial charge in [-0.3, -0.25) is 0 Å². The van der Waals surface area contributed by atoms with Gasteiger partial charge < -0.3 is 15.2 Å². The van der Waals surface area contributed by atoms with Gasteiger partial charge in [-0.05, 0) is 50.4 Å². The van der Waals surface area contributed by atoms with Crippen LogP contribution >= 0.6 is 0 Å². The Hall–Kier alpha value is -1.59. The number of nitrogens with zero attached hydrogens (tertiary/aromatic N) is 3. The average Bonchev–Trinajstić information content (AvgIpc) is 2.81. The van der Waals surface area contributed by atoms with Crippen molar-refractivity contribution in [2.75, 3.05) is 6.54 Å². The van der Waals surface area contributed by atoms with Crippen LogP contribution in [0.15, 0.2) is 0 Å². The third-order valence-corrected chi connectivity index (χ3v) is 5.80. The SMILES string of the molecule is C[C@H]1CC[C@H](NC(=O)NCCCc2nnc3n2CCCCC3)[C@@H](C)C1. The minimum absolute atomic E-state index is 0.0218. The van der Waals surface area contributed by atoms with E-state index >= 15 is 0 Å². The zero-order valence-electron chi connectivity index (χ0n) is 15.8. The van der Waals surface area contributed by atoms with Crippen molar-refractivity contribution in [1.29, 1.82) is 0 Å². The van der Waals surface area contributed by atoms with Crippen LogP contribution in [0.25, 0.3) is 0 Å². The molecule has 0 saturated heterocycles. The number of fused-ring (bicyclic) bond motifs is 1. The molecular weight excluding hydrogens is 314 g/mol. The van der Waals surface area contributed by atoms with Gasteiger partial charge in [0, 0.05) is 32.0 Å². The lowest BCUT2D eigenvalue weighted by molar-refractivity contribution is 0.206. The van der Waals surface area contributed by atoms with E-state index in [1.54, 1.807) is 0 Å². The van der Waals surface area contributed by atoms with Crippen LogP contribution < -0.4 is 10.6 Å². The molecule has 6 nitrogen and oxygen atoms in total. The van der Waals surface area contributed by atoms with Crippen LogP contribution in [0, 0.1) is 11.8 Å². The zero-order chi connectivity index (χ0) is 17.6. The van der Waals surface area contributed by atoms with E-state index < -0.39 is 0 Å². The van der Waals surface area contributed by atoms with Gasteiger partial charge in [0.25, 0.3) is 0 Å². The Bertz CT molecular complexity index is 570. The number of aromatic nitrogens is 3. The largest absolute Gasteiger partial charge is 0.338 e. The van der Waals surface area contributed by atoms with E-state index in [4.69, 9.17) is 0 Å². The number of urea groups is 1. The second-order valence-electron chi connectivity index (χ2n) is 8.00. The van der Waals surface area contributed by atoms with Gasteiger partial charge in [-0.2, -0.15) is 0 Å². The zero-order valence-corrected chi connectivity index (χ0v) is 15.8. The van der Waals surface area contributed by atoms with Crippen molar-refractivity contribution in [3.05, 3.63) is 11.6 Å². The number of nitrogens with one attached hydrogen (secondary N) is 2. The van der Waals surface area contributed by atoms with E-state index in [1.165, 1.54) is 32.1 Å². The number of carbonyl (C=O) groups excluding carboxylic acids is 1. The first-order valence-corrected chi connectivity index (χ1v) is 10.1. The van der Waals surface area contributed by atoms with Crippen molar-refractivity contribution in [1.82, 2.24) is 25.4 Å². The monoisotopic (exact) mass is 347 g/mol. The molecule has 140 valence electrons. The van der Waals surface area contributed by atoms with Gasteiger partial charge in [0.1, 0.15) is 11.6 Å². The van der Waals surface area contributed by atoms with E-state index in [0.29, 0.717) is 18.5 Å². The second-order valence-corrected chi connectivity index (χ2v) is 8.00. The van der Waals surface area contributed by atoms with Gasteiger partial charge in [0.05, 0.1) is 0 Å². The average molecular weight is 348 g/mol. The van der Waals surface area contributed by atoms with Gasteiger partial charge in [0.2, 0.25) is 0 Å². The summed E-state index contributed by atoms with van der Waals surface area (Å²) in [5.74, 6) is 3.57. The summed E-state index contributed by atoms with van der Waals surface area (Å²) in [6, 6.07) is 0.301. The van der Waals surface area contributed by atoms with E-state index in [-0.39, 0.29) is 6.03 Å². The van der Waals surface area contributed by atoms with Crippen molar-refractivity contribution in [2.45, 2.75) is 84.2 Å². The number of hydrogen-bond acceptors (Lipinski definition) is 3. The van der Waals surface area contributed by atoms with Gasteiger partial charge in [-0.1, -0.05) is 20.3 Å². The molecule has 2 aliphatic rings. The second kappa shape index (κ2) is 8.68. The maximum absolute atomic E-state index is 12.1. The predicted octanol–water partition coefficient (Wildman–Crippen LogP) is 3.06. The van der Waals surface area contributed by atoms with E-state index in [9.17, 15) is 4.79 Å². The number of aryl methyl sites for hydroxylation is 2. The summed E-state index contributed by atoms with van der Waals surface area (Å²) in [5, 5.41) is 14.9. The lowest BCUT2D eigenvalue weighted by Gasteiger charge is -2.33. The molecule has 2 N–H and O–H groups in total. The summed E-state index contributed by atoms with van der Waals surface area (Å²) in [4.78, 5) is 12.1. The molecule has 1 saturated carbocycles. The van der Waals surface area contributed by atoms with Crippen molar-refractivity contribution in [3.8, 4) is 0 Å². The standard InChI is InChI=1S/C19H33N5O/c1-14-9-10-16(15(2)13-14)21-19(25)20-11-6-8-18-23-22-17-7-4-3-5-12-24(17)18/h14-16H,3-13H2,1-2H3,(H2,20,21,25)/t14-,15-,16-/m0/s1. The molecule has 0 unspecified atom stereocenters. The lowest BCUT2D eigenvalue weighted by Crippen LogP contribution is -2.47. The maximum atomic E-state index is 12.1. The van der Waals surface area contributed by atoms with Crippen molar-refractivity contribution < 1.29 is 4.79 Å². The molecule has 0 aromatic carbocycles. The number of carbonyl (C=O) groups is 1. The van der Waals surface area contributed by atoms with Crippen molar-refractivity contribution in [2.24, 2.45) is 11.8 Å². The summed E-state index contributed by atoms with van der Waals surface area (Å²) in [5.41, 5.74) is 0. The van der Waals surface area contributed by atoms with Crippen LogP contribution in [0.4, 0.5) is 4.79 Å². The predicted molar refractivity (Wildman–Crippen MR) is 98.4 cm³/mol. The highest BCUT2D eigenvalue weighted by atomic mass is 16.2. The van der Waals surface area contributed by atoms with Crippen molar-refractivity contribution in [3.63, 3.8) is 0 Å². The van der Waals surface area contributed by atoms with Crippen LogP contribution in [0.5, 0.6) is 0 Å². The highest BCUT2D eigenvalue weighted by Gasteiger charge is 2.26. The molecule has 3 rings (SSSR count). The summed E-state index contributed by atoms with van der Waals surface area (Å²) in [7, 11) is 0. The van der Waals surface area contributed by atoms with Gasteiger partial charge >= 0.3 is 6.03 Å². The molecule has 1 aliphatic carbocycles. The molecule has 2 amide bonds. The minimum Gasteiger partial charge on any atom is -0.338 e. The number of amides is 2. The summed E-state index contributed by atoms with van der Waals surface area (Å²) >= 11 is 0. The van der Waals surface area contributed by atoms with Crippen LogP contribution in [-0.4, -0.2) is 33.4 Å². The Morgan fingerprint density at radius 3 is 2.92 bits per heavy atom. The molecule has 0 bridgehead atoms. The van der Waals surface area contributed by atoms with Crippen LogP contribution in [-0.2, 0) is 19.4 Å². The third kappa shape index (κ3) is 4.95. The highest BCUT2D eigenvalue weighted by molar-refractivity contribution is 5.74. The van der Waals surface area contributed by atoms with E-state index in [2.05, 4.69) is 39.2 Å². The fourth-order valence-corrected chi connectivity index (χ4v) is 4.28. The fourth-order valence-electron chi connectivity index (χ4n) is 4.28. The molecule has 25 heavy (non-hydrogen) atoms. The number of hydrogen-bond donors (Lipinski definition) is 2. The Balaban J connectivity index is 1.37. The first-order chi connectivity index (χ1) is 12.1. The molecule has 1 aliphatic heterocycles. The summed E-state index contributed by atoms with van der Waals surface area (Å²) in [6.45, 7) is 6.28. The molecular formula is C19H33N5O. The molecule has 3 atom stereocenters.